The Morgan fingerprint density at radius 1 is 0.805 bits per heavy atom. The van der Waals surface area contributed by atoms with Gasteiger partial charge in [-0.1, -0.05) is 24.3 Å². The third-order valence-corrected chi connectivity index (χ3v) is 7.88. The third-order valence-electron chi connectivity index (χ3n) is 6.89. The first kappa shape index (κ1) is 28.7. The lowest BCUT2D eigenvalue weighted by molar-refractivity contribution is 0.0413. The van der Waals surface area contributed by atoms with Gasteiger partial charge in [-0.25, -0.2) is 0 Å². The van der Waals surface area contributed by atoms with E-state index in [1.54, 1.807) is 31.4 Å². The van der Waals surface area contributed by atoms with E-state index >= 15 is 0 Å². The van der Waals surface area contributed by atoms with Crippen LogP contribution in [0, 0.1) is 0 Å². The highest BCUT2D eigenvalue weighted by atomic mass is 32.2. The van der Waals surface area contributed by atoms with Crippen LogP contribution in [0.4, 0.5) is 0 Å². The number of imide groups is 1. The predicted octanol–water partition coefficient (Wildman–Crippen LogP) is 5.36. The predicted molar refractivity (Wildman–Crippen MR) is 160 cm³/mol. The van der Waals surface area contributed by atoms with Crippen LogP contribution in [-0.4, -0.2) is 74.1 Å². The van der Waals surface area contributed by atoms with E-state index in [1.165, 1.54) is 10.5 Å². The van der Waals surface area contributed by atoms with Gasteiger partial charge in [0.05, 0.1) is 44.7 Å². The lowest BCUT2D eigenvalue weighted by Gasteiger charge is -2.13. The number of methoxy groups -OCH3 is 1. The summed E-state index contributed by atoms with van der Waals surface area (Å²) in [6.45, 7) is 2.97. The summed E-state index contributed by atoms with van der Waals surface area (Å²) in [5.41, 5.74) is 4.22. The zero-order valence-corrected chi connectivity index (χ0v) is 23.9. The maximum Gasteiger partial charge on any atom is 0.261 e. The minimum atomic E-state index is -0.233. The van der Waals surface area contributed by atoms with Crippen LogP contribution < -0.4 is 9.47 Å². The fourth-order valence-corrected chi connectivity index (χ4v) is 5.51. The molecule has 1 N–H and O–H groups in total. The number of H-pyrrole nitrogens is 1. The molecule has 0 spiro atoms. The van der Waals surface area contributed by atoms with Crippen molar-refractivity contribution in [3.63, 3.8) is 0 Å². The molecule has 5 rings (SSSR count). The number of aromatic amines is 1. The molecule has 0 unspecified atom stereocenters. The van der Waals surface area contributed by atoms with Crippen LogP contribution in [0.25, 0.3) is 10.9 Å². The van der Waals surface area contributed by atoms with Gasteiger partial charge in [0.25, 0.3) is 11.8 Å². The fourth-order valence-electron chi connectivity index (χ4n) is 4.70. The summed E-state index contributed by atoms with van der Waals surface area (Å²) in [5, 5.41) is 1.01. The topological polar surface area (TPSA) is 90.1 Å². The highest BCUT2D eigenvalue weighted by molar-refractivity contribution is 7.98. The molecule has 0 atom stereocenters. The molecule has 0 saturated carbocycles. The number of thioether (sulfide) groups is 1. The maximum absolute atomic E-state index is 12.7. The van der Waals surface area contributed by atoms with Gasteiger partial charge in [-0.15, -0.1) is 0 Å². The molecule has 2 heterocycles. The number of rotatable bonds is 16. The zero-order chi connectivity index (χ0) is 28.4. The second-order valence-corrected chi connectivity index (χ2v) is 10.7. The van der Waals surface area contributed by atoms with Crippen LogP contribution in [0.2, 0.25) is 0 Å². The van der Waals surface area contributed by atoms with E-state index in [0.29, 0.717) is 57.1 Å². The average molecular weight is 575 g/mol. The molecule has 2 amide bonds. The number of amides is 2. The molecular weight excluding hydrogens is 540 g/mol. The Labute approximate surface area is 243 Å². The van der Waals surface area contributed by atoms with E-state index in [0.717, 1.165) is 39.5 Å². The van der Waals surface area contributed by atoms with E-state index in [2.05, 4.69) is 17.1 Å². The fraction of sp³-hybridized carbons (Fsp3) is 0.312. The maximum atomic E-state index is 12.7. The van der Waals surface area contributed by atoms with Crippen molar-refractivity contribution in [3.8, 4) is 11.5 Å². The van der Waals surface area contributed by atoms with Gasteiger partial charge < -0.3 is 23.9 Å². The van der Waals surface area contributed by atoms with Crippen LogP contribution >= 0.6 is 11.8 Å². The summed E-state index contributed by atoms with van der Waals surface area (Å²) in [7, 11) is 1.67. The molecule has 9 heteroatoms. The second-order valence-electron chi connectivity index (χ2n) is 9.55. The number of ether oxygens (including phenoxy) is 4. The Kier molecular flexibility index (Phi) is 9.96. The van der Waals surface area contributed by atoms with Crippen LogP contribution in [0.15, 0.2) is 72.9 Å². The molecule has 4 aromatic rings. The van der Waals surface area contributed by atoms with Gasteiger partial charge in [-0.05, 0) is 60.0 Å². The van der Waals surface area contributed by atoms with Crippen LogP contribution in [-0.2, 0) is 21.6 Å². The molecule has 1 aliphatic heterocycles. The summed E-state index contributed by atoms with van der Waals surface area (Å²) in [6.07, 6.45) is 2.48. The number of hydrogen-bond donors (Lipinski definition) is 1. The van der Waals surface area contributed by atoms with E-state index in [9.17, 15) is 9.59 Å². The smallest absolute Gasteiger partial charge is 0.261 e. The van der Waals surface area contributed by atoms with Gasteiger partial charge in [0.2, 0.25) is 0 Å². The van der Waals surface area contributed by atoms with Crippen molar-refractivity contribution in [2.45, 2.75) is 12.2 Å². The number of hydrogen-bond acceptors (Lipinski definition) is 7. The minimum Gasteiger partial charge on any atom is -0.497 e. The van der Waals surface area contributed by atoms with E-state index in [1.807, 2.05) is 48.3 Å². The van der Waals surface area contributed by atoms with Crippen molar-refractivity contribution in [2.24, 2.45) is 0 Å². The first-order valence-electron chi connectivity index (χ1n) is 13.7. The van der Waals surface area contributed by atoms with Crippen LogP contribution in [0.3, 0.4) is 0 Å². The molecule has 3 aromatic carbocycles. The number of aromatic nitrogens is 1. The van der Waals surface area contributed by atoms with Crippen molar-refractivity contribution in [1.82, 2.24) is 9.88 Å². The molecule has 0 bridgehead atoms. The first-order valence-corrected chi connectivity index (χ1v) is 14.8. The van der Waals surface area contributed by atoms with Crippen LogP contribution in [0.1, 0.15) is 31.8 Å². The largest absolute Gasteiger partial charge is 0.497 e. The van der Waals surface area contributed by atoms with Crippen LogP contribution in [0.5, 0.6) is 11.5 Å². The highest BCUT2D eigenvalue weighted by Gasteiger charge is 2.34. The summed E-state index contributed by atoms with van der Waals surface area (Å²) in [4.78, 5) is 29.9. The van der Waals surface area contributed by atoms with Crippen molar-refractivity contribution in [2.75, 3.05) is 52.4 Å². The molecule has 1 aromatic heterocycles. The molecular formula is C32H34N2O6S. The lowest BCUT2D eigenvalue weighted by Crippen LogP contribution is -2.31. The van der Waals surface area contributed by atoms with Crippen molar-refractivity contribution < 1.29 is 28.5 Å². The zero-order valence-electron chi connectivity index (χ0n) is 23.1. The number of carbonyl (C=O) groups excluding carboxylic acids is 2. The number of fused-ring (bicyclic) bond motifs is 2. The van der Waals surface area contributed by atoms with Gasteiger partial charge in [0.1, 0.15) is 18.1 Å². The average Bonchev–Trinajstić information content (AvgIpc) is 3.52. The molecule has 41 heavy (non-hydrogen) atoms. The SMILES string of the molecule is COc1ccc(CSCCOCCOCCOc2ccc3[nH]cc(CCN4C(=O)c5ccccc5C4=O)c3c2)cc1. The molecule has 0 aliphatic carbocycles. The Hall–Kier alpha value is -3.79. The quantitative estimate of drug-likeness (QED) is 0.142. The molecule has 0 saturated heterocycles. The van der Waals surface area contributed by atoms with Gasteiger partial charge >= 0.3 is 0 Å². The number of nitrogens with zero attached hydrogens (tertiary/aromatic N) is 1. The van der Waals surface area contributed by atoms with E-state index in [-0.39, 0.29) is 11.8 Å². The Bertz CT molecular complexity index is 1430. The number of carbonyl (C=O) groups is 2. The minimum absolute atomic E-state index is 0.233. The summed E-state index contributed by atoms with van der Waals surface area (Å²) < 4.78 is 22.4. The summed E-state index contributed by atoms with van der Waals surface area (Å²) in [6, 6.07) is 21.0. The molecule has 214 valence electrons. The molecule has 1 aliphatic rings. The van der Waals surface area contributed by atoms with Crippen molar-refractivity contribution in [3.05, 3.63) is 95.2 Å². The van der Waals surface area contributed by atoms with Crippen molar-refractivity contribution in [1.29, 1.82) is 0 Å². The van der Waals surface area contributed by atoms with Gasteiger partial charge in [0.15, 0.2) is 0 Å². The Morgan fingerprint density at radius 3 is 2.22 bits per heavy atom. The van der Waals surface area contributed by atoms with Gasteiger partial charge in [-0.3, -0.25) is 14.5 Å². The summed E-state index contributed by atoms with van der Waals surface area (Å²) in [5.74, 6) is 3.03. The monoisotopic (exact) mass is 574 g/mol. The molecule has 0 fully saturated rings. The number of nitrogens with one attached hydrogen (secondary N) is 1. The summed E-state index contributed by atoms with van der Waals surface area (Å²) >= 11 is 1.84. The third kappa shape index (κ3) is 7.30. The Morgan fingerprint density at radius 2 is 1.49 bits per heavy atom. The van der Waals surface area contributed by atoms with Crippen molar-refractivity contribution >= 4 is 34.5 Å². The van der Waals surface area contributed by atoms with Gasteiger partial charge in [0, 0.05) is 35.2 Å². The number of benzene rings is 3. The normalized spacial score (nSPS) is 12.8. The van der Waals surface area contributed by atoms with E-state index in [4.69, 9.17) is 18.9 Å². The second kappa shape index (κ2) is 14.2. The standard InChI is InChI=1S/C32H34N2O6S/c1-37-25-8-6-23(7-9-25)22-41-19-18-39-15-14-38-16-17-40-26-10-11-30-29(20-26)24(21-33-30)12-13-34-31(35)27-4-2-3-5-28(27)32(34)36/h2-11,20-21,33H,12-19,22H2,1H3. The first-order chi connectivity index (χ1) is 20.1. The Balaban J connectivity index is 0.969. The highest BCUT2D eigenvalue weighted by Crippen LogP contribution is 2.26. The molecule has 0 radical (unpaired) electrons. The molecule has 8 nitrogen and oxygen atoms in total. The van der Waals surface area contributed by atoms with Gasteiger partial charge in [-0.2, -0.15) is 11.8 Å². The van der Waals surface area contributed by atoms with E-state index < -0.39 is 0 Å². The lowest BCUT2D eigenvalue weighted by atomic mass is 10.1.